The molecule has 1 unspecified atom stereocenters. The van der Waals surface area contributed by atoms with E-state index in [1.165, 1.54) is 6.92 Å². The number of H-pyrrole nitrogens is 1. The monoisotopic (exact) mass is 554 g/mol. The zero-order valence-corrected chi connectivity index (χ0v) is 24.1. The maximum absolute atomic E-state index is 13.7. The first-order valence-corrected chi connectivity index (χ1v) is 14.3. The maximum atomic E-state index is 13.7. The lowest BCUT2D eigenvalue weighted by Crippen LogP contribution is -2.65. The smallest absolute Gasteiger partial charge is 0.330 e. The summed E-state index contributed by atoms with van der Waals surface area (Å²) in [6, 6.07) is 36.2. The van der Waals surface area contributed by atoms with Crippen molar-refractivity contribution in [1.82, 2.24) is 9.88 Å². The Morgan fingerprint density at radius 2 is 1.24 bits per heavy atom. The summed E-state index contributed by atoms with van der Waals surface area (Å²) in [7, 11) is 0. The average molecular weight is 555 g/mol. The molecule has 0 aliphatic heterocycles. The summed E-state index contributed by atoms with van der Waals surface area (Å²) in [5.74, 6) is -1.34. The van der Waals surface area contributed by atoms with Crippen LogP contribution in [0, 0.1) is 0 Å². The van der Waals surface area contributed by atoms with Gasteiger partial charge in [-0.05, 0) is 57.6 Å². The van der Waals surface area contributed by atoms with Gasteiger partial charge in [0.05, 0.1) is 0 Å². The van der Waals surface area contributed by atoms with Crippen LogP contribution >= 0.6 is 0 Å². The summed E-state index contributed by atoms with van der Waals surface area (Å²) in [6.45, 7) is 5.35. The molecule has 0 saturated heterocycles. The minimum Gasteiger partial charge on any atom is -0.479 e. The van der Waals surface area contributed by atoms with Gasteiger partial charge >= 0.3 is 5.97 Å². The van der Waals surface area contributed by atoms with E-state index in [4.69, 9.17) is 0 Å². The number of benzene rings is 5. The molecule has 0 radical (unpaired) electrons. The van der Waals surface area contributed by atoms with E-state index in [1.54, 1.807) is 11.8 Å². The first kappa shape index (κ1) is 27.3. The molecule has 1 aromatic heterocycles. The fourth-order valence-electron chi connectivity index (χ4n) is 6.72. The number of nitrogens with zero attached hydrogens (tertiary/aromatic N) is 1. The highest BCUT2D eigenvalue weighted by Crippen LogP contribution is 2.46. The predicted molar refractivity (Wildman–Crippen MR) is 170 cm³/mol. The molecule has 0 bridgehead atoms. The Morgan fingerprint density at radius 1 is 0.714 bits per heavy atom. The van der Waals surface area contributed by atoms with Crippen LogP contribution < -0.4 is 0 Å². The van der Waals surface area contributed by atoms with E-state index in [0.29, 0.717) is 6.42 Å². The maximum Gasteiger partial charge on any atom is 0.330 e. The molecular weight excluding hydrogens is 520 g/mol. The van der Waals surface area contributed by atoms with Gasteiger partial charge in [0, 0.05) is 36.0 Å². The van der Waals surface area contributed by atoms with Gasteiger partial charge in [0.15, 0.2) is 0 Å². The third-order valence-corrected chi connectivity index (χ3v) is 9.23. The van der Waals surface area contributed by atoms with Crippen LogP contribution in [0.15, 0.2) is 115 Å². The zero-order chi connectivity index (χ0) is 29.5. The summed E-state index contributed by atoms with van der Waals surface area (Å²) in [6.07, 6.45) is 2.32. The molecule has 2 N–H and O–H groups in total. The highest BCUT2D eigenvalue weighted by molar-refractivity contribution is 5.93. The largest absolute Gasteiger partial charge is 0.479 e. The van der Waals surface area contributed by atoms with Gasteiger partial charge in [-0.1, -0.05) is 110 Å². The SMILES string of the molecule is CC(=O)N(Cc1cccc2ccccc12)[C@@](C)(C(=O)O)C(C)(Cc1cccc2ccccc12)c1c[nH]c2ccccc12. The summed E-state index contributed by atoms with van der Waals surface area (Å²) in [5.41, 5.74) is 1.05. The number of carbonyl (C=O) groups is 2. The van der Waals surface area contributed by atoms with Crippen molar-refractivity contribution in [2.24, 2.45) is 0 Å². The number of aromatic amines is 1. The number of hydrogen-bond donors (Lipinski definition) is 2. The van der Waals surface area contributed by atoms with E-state index in [2.05, 4.69) is 29.2 Å². The molecule has 5 aromatic carbocycles. The van der Waals surface area contributed by atoms with Crippen LogP contribution in [0.1, 0.15) is 37.5 Å². The summed E-state index contributed by atoms with van der Waals surface area (Å²) in [4.78, 5) is 32.3. The standard InChI is InChI=1S/C37H34N2O3/c1-25(40)39(24-29-17-11-15-27-13-5-7-19-31(27)29)37(3,35(41)42)36(2,33-23-38-34-21-9-8-20-32(33)34)22-28-16-10-14-26-12-4-6-18-30(26)28/h4-21,23,38H,22,24H2,1-3H3,(H,41,42)/t36?,37-/m0/s1. The molecule has 1 amide bonds. The van der Waals surface area contributed by atoms with Crippen molar-refractivity contribution >= 4 is 44.3 Å². The second kappa shape index (κ2) is 10.5. The molecule has 42 heavy (non-hydrogen) atoms. The molecule has 210 valence electrons. The molecule has 0 saturated carbocycles. The van der Waals surface area contributed by atoms with Gasteiger partial charge < -0.3 is 15.0 Å². The number of aromatic nitrogens is 1. The van der Waals surface area contributed by atoms with Crippen molar-refractivity contribution in [3.8, 4) is 0 Å². The second-order valence-electron chi connectivity index (χ2n) is 11.5. The average Bonchev–Trinajstić information content (AvgIpc) is 3.44. The molecule has 1 heterocycles. The molecule has 6 aromatic rings. The first-order chi connectivity index (χ1) is 20.2. The summed E-state index contributed by atoms with van der Waals surface area (Å²) < 4.78 is 0. The Bertz CT molecular complexity index is 1950. The number of rotatable bonds is 8. The molecule has 0 aliphatic carbocycles. The Hall–Kier alpha value is -4.90. The summed E-state index contributed by atoms with van der Waals surface area (Å²) in [5, 5.41) is 16.4. The quantitative estimate of drug-likeness (QED) is 0.201. The van der Waals surface area contributed by atoms with Gasteiger partial charge in [0.2, 0.25) is 5.91 Å². The lowest BCUT2D eigenvalue weighted by atomic mass is 9.62. The number of carboxylic acid groups (broad SMARTS) is 1. The number of amides is 1. The highest BCUT2D eigenvalue weighted by Gasteiger charge is 2.57. The topological polar surface area (TPSA) is 73.4 Å². The number of carboxylic acids is 1. The molecule has 0 aliphatic rings. The Balaban J connectivity index is 1.60. The second-order valence-corrected chi connectivity index (χ2v) is 11.5. The number of fused-ring (bicyclic) bond motifs is 3. The van der Waals surface area contributed by atoms with Crippen LogP contribution in [0.2, 0.25) is 0 Å². The van der Waals surface area contributed by atoms with E-state index in [9.17, 15) is 14.7 Å². The molecule has 5 nitrogen and oxygen atoms in total. The zero-order valence-electron chi connectivity index (χ0n) is 24.1. The lowest BCUT2D eigenvalue weighted by molar-refractivity contribution is -0.164. The van der Waals surface area contributed by atoms with Crippen LogP contribution in [-0.2, 0) is 28.0 Å². The van der Waals surface area contributed by atoms with Crippen molar-refractivity contribution in [2.75, 3.05) is 0 Å². The number of para-hydroxylation sites is 1. The van der Waals surface area contributed by atoms with Crippen LogP contribution in [-0.4, -0.2) is 32.4 Å². The van der Waals surface area contributed by atoms with Crippen molar-refractivity contribution in [1.29, 1.82) is 0 Å². The fourth-order valence-corrected chi connectivity index (χ4v) is 6.72. The van der Waals surface area contributed by atoms with Gasteiger partial charge in [0.1, 0.15) is 5.54 Å². The Morgan fingerprint density at radius 3 is 1.86 bits per heavy atom. The number of nitrogens with one attached hydrogen (secondary N) is 1. The normalized spacial score (nSPS) is 14.5. The van der Waals surface area contributed by atoms with Gasteiger partial charge in [-0.25, -0.2) is 4.79 Å². The number of hydrogen-bond acceptors (Lipinski definition) is 2. The van der Waals surface area contributed by atoms with Gasteiger partial charge in [-0.2, -0.15) is 0 Å². The van der Waals surface area contributed by atoms with Crippen LogP contribution in [0.25, 0.3) is 32.4 Å². The molecule has 0 spiro atoms. The fraction of sp³-hybridized carbons (Fsp3) is 0.189. The van der Waals surface area contributed by atoms with E-state index < -0.39 is 16.9 Å². The first-order valence-electron chi connectivity index (χ1n) is 14.3. The van der Waals surface area contributed by atoms with Crippen molar-refractivity contribution in [3.63, 3.8) is 0 Å². The van der Waals surface area contributed by atoms with Gasteiger partial charge in [-0.15, -0.1) is 0 Å². The van der Waals surface area contributed by atoms with Gasteiger partial charge in [-0.3, -0.25) is 4.79 Å². The molecule has 5 heteroatoms. The Labute approximate surface area is 245 Å². The van der Waals surface area contributed by atoms with E-state index in [0.717, 1.165) is 49.1 Å². The molecular formula is C37H34N2O3. The van der Waals surface area contributed by atoms with Crippen molar-refractivity contribution in [3.05, 3.63) is 132 Å². The van der Waals surface area contributed by atoms with E-state index in [1.807, 2.05) is 98.0 Å². The van der Waals surface area contributed by atoms with Crippen molar-refractivity contribution in [2.45, 2.75) is 44.7 Å². The van der Waals surface area contributed by atoms with Crippen molar-refractivity contribution < 1.29 is 14.7 Å². The van der Waals surface area contributed by atoms with Crippen LogP contribution in [0.3, 0.4) is 0 Å². The van der Waals surface area contributed by atoms with E-state index >= 15 is 0 Å². The molecule has 2 atom stereocenters. The predicted octanol–water partition coefficient (Wildman–Crippen LogP) is 7.87. The van der Waals surface area contributed by atoms with Crippen LogP contribution in [0.4, 0.5) is 0 Å². The van der Waals surface area contributed by atoms with Crippen LogP contribution in [0.5, 0.6) is 0 Å². The summed E-state index contributed by atoms with van der Waals surface area (Å²) >= 11 is 0. The minimum atomic E-state index is -1.63. The number of aliphatic carboxylic acids is 1. The molecule has 6 rings (SSSR count). The molecule has 0 fully saturated rings. The minimum absolute atomic E-state index is 0.160. The number of carbonyl (C=O) groups excluding carboxylic acids is 1. The Kier molecular flexibility index (Phi) is 6.82. The third kappa shape index (κ3) is 4.33. The lowest BCUT2D eigenvalue weighted by Gasteiger charge is -2.50. The third-order valence-electron chi connectivity index (χ3n) is 9.23. The van der Waals surface area contributed by atoms with E-state index in [-0.39, 0.29) is 12.5 Å². The highest BCUT2D eigenvalue weighted by atomic mass is 16.4. The van der Waals surface area contributed by atoms with Gasteiger partial charge in [0.25, 0.3) is 0 Å².